The molecule has 0 N–H and O–H groups in total. The van der Waals surface area contributed by atoms with Crippen LogP contribution in [0.15, 0.2) is 146 Å². The summed E-state index contributed by atoms with van der Waals surface area (Å²) < 4.78 is 10.6. The van der Waals surface area contributed by atoms with Gasteiger partial charge in [0.25, 0.3) is 13.4 Å². The summed E-state index contributed by atoms with van der Waals surface area (Å²) in [7, 11) is 0. The van der Waals surface area contributed by atoms with Gasteiger partial charge in [-0.2, -0.15) is 0 Å². The lowest BCUT2D eigenvalue weighted by molar-refractivity contribution is 0.590. The molecule has 0 radical (unpaired) electrons. The Hall–Kier alpha value is -7.69. The first kappa shape index (κ1) is 43.5. The monoisotopic (exact) mass is 979 g/mol. The summed E-state index contributed by atoms with van der Waals surface area (Å²) in [6.45, 7) is 28.4. The molecule has 0 bridgehead atoms. The second-order valence-electron chi connectivity index (χ2n) is 27.4. The number of benzene rings is 9. The minimum atomic E-state index is -0.0316. The Morgan fingerprint density at radius 1 is 0.263 bits per heavy atom. The average Bonchev–Trinajstić information content (AvgIpc) is 4.11. The zero-order chi connectivity index (χ0) is 51.8. The minimum absolute atomic E-state index is 0.0316. The Labute approximate surface area is 444 Å². The number of aromatic nitrogens is 4. The molecule has 0 amide bonds. The molecule has 0 saturated heterocycles. The van der Waals surface area contributed by atoms with E-state index in [4.69, 9.17) is 0 Å². The summed E-state index contributed by atoms with van der Waals surface area (Å²) in [5.74, 6) is 0. The number of hydrogen-bond acceptors (Lipinski definition) is 0. The molecule has 0 aliphatic carbocycles. The molecule has 17 rings (SSSR count). The number of rotatable bonds is 0. The van der Waals surface area contributed by atoms with Crippen molar-refractivity contribution in [3.8, 4) is 22.7 Å². The van der Waals surface area contributed by atoms with E-state index in [2.05, 4.69) is 247 Å². The van der Waals surface area contributed by atoms with Gasteiger partial charge in [-0.1, -0.05) is 156 Å². The molecule has 0 atom stereocenters. The number of nitrogens with zero attached hydrogens (tertiary/aromatic N) is 4. The molecule has 4 aliphatic heterocycles. The van der Waals surface area contributed by atoms with Gasteiger partial charge in [0.05, 0.1) is 22.1 Å². The van der Waals surface area contributed by atoms with E-state index in [-0.39, 0.29) is 35.1 Å². The number of hydrogen-bond donors (Lipinski definition) is 0. The maximum atomic E-state index is 2.66. The highest BCUT2D eigenvalue weighted by Gasteiger charge is 2.44. The molecule has 9 aromatic carbocycles. The molecule has 4 nitrogen and oxygen atoms in total. The molecule has 76 heavy (non-hydrogen) atoms. The highest BCUT2D eigenvalue weighted by Crippen LogP contribution is 2.46. The van der Waals surface area contributed by atoms with Gasteiger partial charge >= 0.3 is 0 Å². The lowest BCUT2D eigenvalue weighted by Gasteiger charge is -2.34. The van der Waals surface area contributed by atoms with Crippen LogP contribution in [0.2, 0.25) is 0 Å². The standard InChI is InChI=1S/C70H60B2N4/c1-67(2,3)37-25-27-53-43(29-37)47-31-39(69(7,8)9)33-51-65(47)73(53)55-21-15-23-57-61(55)71(51)49-19-13-17-41-45-35-46-42-18-14-20-50-64(42)76(60(46)36-59(45)75(57)63(41)49)58-24-16-22-56-62(58)72(50)52-34-40(70(10,11)12)32-48-44-30-38(68(4,5)6)26-28-54(44)74(56)66(48)52/h13-36H,1-12H3. The topological polar surface area (TPSA) is 19.7 Å². The molecule has 0 spiro atoms. The van der Waals surface area contributed by atoms with E-state index in [1.54, 1.807) is 0 Å². The Kier molecular flexibility index (Phi) is 7.71. The third kappa shape index (κ3) is 5.15. The van der Waals surface area contributed by atoms with Crippen LogP contribution in [-0.4, -0.2) is 31.7 Å². The second kappa shape index (κ2) is 13.5. The zero-order valence-electron chi connectivity index (χ0n) is 45.8. The van der Waals surface area contributed by atoms with Crippen molar-refractivity contribution < 1.29 is 0 Å². The smallest absolute Gasteiger partial charge is 0.252 e. The molecule has 0 fully saturated rings. The summed E-state index contributed by atoms with van der Waals surface area (Å²) in [6.07, 6.45) is 0. The fraction of sp³-hybridized carbons (Fsp3) is 0.229. The van der Waals surface area contributed by atoms with Gasteiger partial charge in [0.2, 0.25) is 0 Å². The van der Waals surface area contributed by atoms with E-state index in [0.717, 1.165) is 0 Å². The fourth-order valence-electron chi connectivity index (χ4n) is 15.2. The zero-order valence-corrected chi connectivity index (χ0v) is 45.8. The Morgan fingerprint density at radius 3 is 0.974 bits per heavy atom. The molecule has 6 heteroatoms. The predicted molar refractivity (Wildman–Crippen MR) is 328 cm³/mol. The Bertz CT molecular complexity index is 4610. The Morgan fingerprint density at radius 2 is 0.592 bits per heavy atom. The summed E-state index contributed by atoms with van der Waals surface area (Å²) in [6, 6.07) is 58.5. The van der Waals surface area contributed by atoms with Crippen LogP contribution in [0.5, 0.6) is 0 Å². The number of fused-ring (bicyclic) bond motifs is 20. The normalized spacial score (nSPS) is 14.5. The van der Waals surface area contributed by atoms with E-state index in [1.165, 1.54) is 165 Å². The van der Waals surface area contributed by atoms with E-state index in [1.807, 2.05) is 0 Å². The molecule has 4 aliphatic rings. The van der Waals surface area contributed by atoms with Gasteiger partial charge < -0.3 is 18.3 Å². The maximum absolute atomic E-state index is 2.66. The molecule has 0 unspecified atom stereocenters. The number of para-hydroxylation sites is 2. The van der Waals surface area contributed by atoms with Crippen LogP contribution in [-0.2, 0) is 21.7 Å². The van der Waals surface area contributed by atoms with Gasteiger partial charge in [-0.3, -0.25) is 0 Å². The van der Waals surface area contributed by atoms with Crippen LogP contribution in [0.3, 0.4) is 0 Å². The van der Waals surface area contributed by atoms with Crippen LogP contribution in [0.1, 0.15) is 105 Å². The molecular formula is C70H60B2N4. The van der Waals surface area contributed by atoms with Gasteiger partial charge in [-0.15, -0.1) is 0 Å². The van der Waals surface area contributed by atoms with E-state index in [0.29, 0.717) is 0 Å². The van der Waals surface area contributed by atoms with Gasteiger partial charge in [0.1, 0.15) is 0 Å². The van der Waals surface area contributed by atoms with E-state index >= 15 is 0 Å². The third-order valence-electron chi connectivity index (χ3n) is 18.9. The minimum Gasteiger partial charge on any atom is -0.310 e. The van der Waals surface area contributed by atoms with Crippen molar-refractivity contribution in [2.75, 3.05) is 0 Å². The summed E-state index contributed by atoms with van der Waals surface area (Å²) in [5.41, 5.74) is 29.5. The average molecular weight is 979 g/mol. The van der Waals surface area contributed by atoms with Gasteiger partial charge in [0, 0.05) is 87.9 Å². The van der Waals surface area contributed by atoms with E-state index < -0.39 is 0 Å². The van der Waals surface area contributed by atoms with Crippen molar-refractivity contribution in [2.45, 2.75) is 105 Å². The largest absolute Gasteiger partial charge is 0.310 e. The third-order valence-corrected chi connectivity index (χ3v) is 18.9. The Balaban J connectivity index is 0.968. The van der Waals surface area contributed by atoms with Crippen LogP contribution in [0.4, 0.5) is 0 Å². The highest BCUT2D eigenvalue weighted by molar-refractivity contribution is 7.01. The predicted octanol–water partition coefficient (Wildman–Crippen LogP) is 13.6. The fourth-order valence-corrected chi connectivity index (χ4v) is 15.2. The van der Waals surface area contributed by atoms with Gasteiger partial charge in [0.15, 0.2) is 0 Å². The summed E-state index contributed by atoms with van der Waals surface area (Å²) in [5, 5.41) is 10.7. The first-order valence-electron chi connectivity index (χ1n) is 27.8. The van der Waals surface area contributed by atoms with Gasteiger partial charge in [-0.25, -0.2) is 0 Å². The van der Waals surface area contributed by atoms with Crippen LogP contribution < -0.4 is 32.8 Å². The quantitative estimate of drug-likeness (QED) is 0.135. The summed E-state index contributed by atoms with van der Waals surface area (Å²) in [4.78, 5) is 0. The maximum Gasteiger partial charge on any atom is 0.252 e. The highest BCUT2D eigenvalue weighted by atomic mass is 15.1. The molecule has 8 heterocycles. The lowest BCUT2D eigenvalue weighted by Crippen LogP contribution is -2.59. The first-order chi connectivity index (χ1) is 36.3. The van der Waals surface area contributed by atoms with Gasteiger partial charge in [-0.05, 0) is 149 Å². The lowest BCUT2D eigenvalue weighted by atomic mass is 9.34. The van der Waals surface area contributed by atoms with Crippen molar-refractivity contribution in [2.24, 2.45) is 0 Å². The van der Waals surface area contributed by atoms with Crippen molar-refractivity contribution in [3.63, 3.8) is 0 Å². The second-order valence-corrected chi connectivity index (χ2v) is 27.4. The van der Waals surface area contributed by atoms with Crippen LogP contribution in [0.25, 0.3) is 110 Å². The summed E-state index contributed by atoms with van der Waals surface area (Å²) >= 11 is 0. The van der Waals surface area contributed by atoms with Crippen LogP contribution in [0, 0.1) is 0 Å². The van der Waals surface area contributed by atoms with Crippen molar-refractivity contribution in [3.05, 3.63) is 168 Å². The molecule has 366 valence electrons. The van der Waals surface area contributed by atoms with E-state index in [9.17, 15) is 0 Å². The molecular weight excluding hydrogens is 918 g/mol. The van der Waals surface area contributed by atoms with Crippen LogP contribution >= 0.6 is 0 Å². The molecule has 4 aromatic heterocycles. The van der Waals surface area contributed by atoms with Crippen molar-refractivity contribution >= 4 is 133 Å². The first-order valence-corrected chi connectivity index (χ1v) is 27.8. The van der Waals surface area contributed by atoms with Crippen molar-refractivity contribution in [1.29, 1.82) is 0 Å². The SMILES string of the molecule is CC(C)(C)c1ccc2c(c1)c1cc(C(C)(C)C)cc3c1n2-c1cccc2c1B3c1cccc3c4cc5c6cccc7c6n(c5cc4n-2c13)-c1cccc2c1B7c1cc(C(C)(C)C)cc3c4cc(C(C)(C)C)ccc4n-2c13. The molecule has 13 aromatic rings. The molecule has 0 saturated carbocycles. The van der Waals surface area contributed by atoms with Crippen molar-refractivity contribution in [1.82, 2.24) is 18.3 Å².